The van der Waals surface area contributed by atoms with Gasteiger partial charge in [0.1, 0.15) is 5.41 Å². The fraction of sp³-hybridized carbons (Fsp3) is 0.800. The van der Waals surface area contributed by atoms with Crippen LogP contribution in [0.4, 0.5) is 4.79 Å². The molecule has 0 aromatic carbocycles. The first-order chi connectivity index (χ1) is 9.47. The molecule has 2 rings (SSSR count). The fourth-order valence-electron chi connectivity index (χ4n) is 3.67. The van der Waals surface area contributed by atoms with Gasteiger partial charge in [-0.25, -0.2) is 4.79 Å². The fourth-order valence-corrected chi connectivity index (χ4v) is 3.67. The highest BCUT2D eigenvalue weighted by Gasteiger charge is 2.56. The number of nitrogens with one attached hydrogen (secondary N) is 1. The number of urea groups is 1. The molecular formula is C15H24N2O3. The van der Waals surface area contributed by atoms with Crippen LogP contribution >= 0.6 is 0 Å². The molecule has 0 aromatic rings. The summed E-state index contributed by atoms with van der Waals surface area (Å²) >= 11 is 0. The molecule has 20 heavy (non-hydrogen) atoms. The van der Waals surface area contributed by atoms with Gasteiger partial charge in [0.2, 0.25) is 11.8 Å². The molecule has 5 heteroatoms. The summed E-state index contributed by atoms with van der Waals surface area (Å²) in [7, 11) is 0. The number of imide groups is 2. The zero-order valence-corrected chi connectivity index (χ0v) is 12.6. The molecule has 1 aliphatic heterocycles. The third kappa shape index (κ3) is 2.13. The van der Waals surface area contributed by atoms with Gasteiger partial charge < -0.3 is 0 Å². The number of nitrogens with zero attached hydrogens (tertiary/aromatic N) is 1. The molecule has 0 bridgehead atoms. The van der Waals surface area contributed by atoms with Crippen LogP contribution in [0.5, 0.6) is 0 Å². The Labute approximate surface area is 120 Å². The minimum Gasteiger partial charge on any atom is -0.277 e. The second kappa shape index (κ2) is 5.54. The quantitative estimate of drug-likeness (QED) is 0.804. The summed E-state index contributed by atoms with van der Waals surface area (Å²) in [6.45, 7) is 6.04. The summed E-state index contributed by atoms with van der Waals surface area (Å²) in [6, 6.07) is -0.708. The van der Waals surface area contributed by atoms with Crippen LogP contribution in [0.2, 0.25) is 0 Å². The van der Waals surface area contributed by atoms with Gasteiger partial charge in [-0.1, -0.05) is 39.5 Å². The van der Waals surface area contributed by atoms with E-state index >= 15 is 0 Å². The van der Waals surface area contributed by atoms with Crippen LogP contribution < -0.4 is 5.32 Å². The molecule has 1 heterocycles. The molecule has 1 saturated heterocycles. The smallest absolute Gasteiger partial charge is 0.277 e. The van der Waals surface area contributed by atoms with Crippen molar-refractivity contribution in [3.05, 3.63) is 0 Å². The number of barbiturate groups is 1. The van der Waals surface area contributed by atoms with Crippen LogP contribution in [0.3, 0.4) is 0 Å². The van der Waals surface area contributed by atoms with E-state index in [1.165, 1.54) is 4.90 Å². The monoisotopic (exact) mass is 280 g/mol. The van der Waals surface area contributed by atoms with Crippen molar-refractivity contribution < 1.29 is 14.4 Å². The van der Waals surface area contributed by atoms with Crippen LogP contribution in [0.25, 0.3) is 0 Å². The van der Waals surface area contributed by atoms with E-state index in [-0.39, 0.29) is 17.9 Å². The first kappa shape index (κ1) is 15.0. The Morgan fingerprint density at radius 1 is 1.15 bits per heavy atom. The van der Waals surface area contributed by atoms with Crippen molar-refractivity contribution in [2.45, 2.75) is 65.3 Å². The second-order valence-electron chi connectivity index (χ2n) is 6.04. The van der Waals surface area contributed by atoms with Gasteiger partial charge in [-0.05, 0) is 25.7 Å². The SMILES string of the molecule is CCC(CC)C(C)N1C(=O)NC(=O)C2(CCCC2)C1=O. The Morgan fingerprint density at radius 3 is 2.20 bits per heavy atom. The average molecular weight is 280 g/mol. The van der Waals surface area contributed by atoms with Crippen LogP contribution in [0.15, 0.2) is 0 Å². The number of hydrogen-bond donors (Lipinski definition) is 1. The van der Waals surface area contributed by atoms with Gasteiger partial charge in [0, 0.05) is 6.04 Å². The molecule has 1 atom stereocenters. The molecule has 4 amide bonds. The number of carbonyl (C=O) groups is 3. The predicted molar refractivity (Wildman–Crippen MR) is 74.8 cm³/mol. The number of rotatable bonds is 4. The van der Waals surface area contributed by atoms with Gasteiger partial charge in [-0.15, -0.1) is 0 Å². The number of amides is 4. The first-order valence-electron chi connectivity index (χ1n) is 7.67. The standard InChI is InChI=1S/C15H24N2O3/c1-4-11(5-2)10(3)17-13(19)15(8-6-7-9-15)12(18)16-14(17)20/h10-11H,4-9H2,1-3H3,(H,16,18,20). The highest BCUT2D eigenvalue weighted by molar-refractivity contribution is 6.19. The topological polar surface area (TPSA) is 66.5 Å². The van der Waals surface area contributed by atoms with Crippen molar-refractivity contribution >= 4 is 17.8 Å². The van der Waals surface area contributed by atoms with Crippen LogP contribution in [-0.2, 0) is 9.59 Å². The summed E-state index contributed by atoms with van der Waals surface area (Å²) in [6.07, 6.45) is 4.71. The highest BCUT2D eigenvalue weighted by Crippen LogP contribution is 2.42. The lowest BCUT2D eigenvalue weighted by molar-refractivity contribution is -0.153. The Hall–Kier alpha value is -1.39. The van der Waals surface area contributed by atoms with E-state index in [0.29, 0.717) is 12.8 Å². The Morgan fingerprint density at radius 2 is 1.70 bits per heavy atom. The lowest BCUT2D eigenvalue weighted by Crippen LogP contribution is -2.65. The highest BCUT2D eigenvalue weighted by atomic mass is 16.2. The molecule has 1 saturated carbocycles. The molecule has 2 fully saturated rings. The second-order valence-corrected chi connectivity index (χ2v) is 6.04. The summed E-state index contributed by atoms with van der Waals surface area (Å²) in [5.74, 6) is -0.391. The van der Waals surface area contributed by atoms with Crippen LogP contribution in [-0.4, -0.2) is 28.8 Å². The van der Waals surface area contributed by atoms with E-state index < -0.39 is 17.4 Å². The van der Waals surface area contributed by atoms with Crippen molar-refractivity contribution in [3.63, 3.8) is 0 Å². The van der Waals surface area contributed by atoms with E-state index in [1.54, 1.807) is 0 Å². The summed E-state index contributed by atoms with van der Waals surface area (Å²) in [4.78, 5) is 38.3. The molecule has 0 radical (unpaired) electrons. The predicted octanol–water partition coefficient (Wildman–Crippen LogP) is 2.45. The average Bonchev–Trinajstić information content (AvgIpc) is 2.89. The lowest BCUT2D eigenvalue weighted by atomic mass is 9.80. The van der Waals surface area contributed by atoms with Crippen molar-refractivity contribution in [2.75, 3.05) is 0 Å². The zero-order chi connectivity index (χ0) is 14.9. The van der Waals surface area contributed by atoms with Gasteiger partial charge in [-0.3, -0.25) is 19.8 Å². The first-order valence-corrected chi connectivity index (χ1v) is 7.67. The maximum atomic E-state index is 12.8. The molecule has 112 valence electrons. The Bertz CT molecular complexity index is 423. The van der Waals surface area contributed by atoms with E-state index in [1.807, 2.05) is 6.92 Å². The maximum absolute atomic E-state index is 12.8. The summed E-state index contributed by atoms with van der Waals surface area (Å²) in [5.41, 5.74) is -0.978. The summed E-state index contributed by atoms with van der Waals surface area (Å²) in [5, 5.41) is 2.40. The number of hydrogen-bond acceptors (Lipinski definition) is 3. The van der Waals surface area contributed by atoms with Crippen molar-refractivity contribution in [3.8, 4) is 0 Å². The Balaban J connectivity index is 2.30. The third-order valence-electron chi connectivity index (χ3n) is 5.10. The van der Waals surface area contributed by atoms with Gasteiger partial charge in [0.25, 0.3) is 0 Å². The minimum absolute atomic E-state index is 0.164. The van der Waals surface area contributed by atoms with Gasteiger partial charge in [-0.2, -0.15) is 0 Å². The zero-order valence-electron chi connectivity index (χ0n) is 12.6. The van der Waals surface area contributed by atoms with Crippen molar-refractivity contribution in [2.24, 2.45) is 11.3 Å². The van der Waals surface area contributed by atoms with E-state index in [4.69, 9.17) is 0 Å². The Kier molecular flexibility index (Phi) is 4.16. The maximum Gasteiger partial charge on any atom is 0.331 e. The van der Waals surface area contributed by atoms with Crippen LogP contribution in [0.1, 0.15) is 59.3 Å². The molecule has 1 spiro atoms. The molecule has 1 N–H and O–H groups in total. The van der Waals surface area contributed by atoms with Gasteiger partial charge in [0.15, 0.2) is 0 Å². The van der Waals surface area contributed by atoms with E-state index in [0.717, 1.165) is 25.7 Å². The largest absolute Gasteiger partial charge is 0.331 e. The minimum atomic E-state index is -0.978. The molecule has 0 aromatic heterocycles. The molecular weight excluding hydrogens is 256 g/mol. The van der Waals surface area contributed by atoms with Crippen molar-refractivity contribution in [1.29, 1.82) is 0 Å². The summed E-state index contributed by atoms with van der Waals surface area (Å²) < 4.78 is 0. The molecule has 2 aliphatic rings. The van der Waals surface area contributed by atoms with Gasteiger partial charge >= 0.3 is 6.03 Å². The van der Waals surface area contributed by atoms with E-state index in [2.05, 4.69) is 19.2 Å². The normalized spacial score (nSPS) is 23.6. The molecule has 5 nitrogen and oxygen atoms in total. The molecule has 1 unspecified atom stereocenters. The van der Waals surface area contributed by atoms with Gasteiger partial charge in [0.05, 0.1) is 0 Å². The molecule has 1 aliphatic carbocycles. The third-order valence-corrected chi connectivity index (χ3v) is 5.10. The van der Waals surface area contributed by atoms with Crippen molar-refractivity contribution in [1.82, 2.24) is 10.2 Å². The lowest BCUT2D eigenvalue weighted by Gasteiger charge is -2.41. The number of carbonyl (C=O) groups excluding carboxylic acids is 3. The van der Waals surface area contributed by atoms with E-state index in [9.17, 15) is 14.4 Å². The van der Waals surface area contributed by atoms with Crippen LogP contribution in [0, 0.1) is 11.3 Å².